The molecule has 2 aliphatic rings. The lowest BCUT2D eigenvalue weighted by molar-refractivity contribution is -0.237. The van der Waals surface area contributed by atoms with Crippen molar-refractivity contribution in [3.8, 4) is 0 Å². The average Bonchev–Trinajstić information content (AvgIpc) is 3.06. The Morgan fingerprint density at radius 3 is 2.07 bits per heavy atom. The van der Waals surface area contributed by atoms with Crippen LogP contribution in [-0.4, -0.2) is 84.5 Å². The van der Waals surface area contributed by atoms with E-state index in [4.69, 9.17) is 14.0 Å². The lowest BCUT2D eigenvalue weighted by atomic mass is 10.2. The molecule has 0 aromatic heterocycles. The fourth-order valence-electron chi connectivity index (χ4n) is 2.55. The Kier molecular flexibility index (Phi) is 8.58. The van der Waals surface area contributed by atoms with E-state index < -0.39 is 71.6 Å². The van der Waals surface area contributed by atoms with E-state index in [1.807, 2.05) is 0 Å². The van der Waals surface area contributed by atoms with Gasteiger partial charge in [0.2, 0.25) is 0 Å². The smallest absolute Gasteiger partial charge is 0.268 e. The van der Waals surface area contributed by atoms with Crippen LogP contribution in [0.5, 0.6) is 0 Å². The van der Waals surface area contributed by atoms with Crippen LogP contribution >= 0.6 is 15.6 Å². The fraction of sp³-hybridized carbons (Fsp3) is 1.00. The molecule has 28 heavy (non-hydrogen) atoms. The van der Waals surface area contributed by atoms with Crippen molar-refractivity contribution in [3.05, 3.63) is 0 Å². The molecule has 0 radical (unpaired) electrons. The van der Waals surface area contributed by atoms with Gasteiger partial charge < -0.3 is 52.7 Å². The molecule has 0 saturated carbocycles. The van der Waals surface area contributed by atoms with Crippen LogP contribution in [0.4, 0.5) is 0 Å². The molecule has 2 saturated heterocycles. The minimum atomic E-state index is -5.00. The molecule has 2 aliphatic heterocycles. The maximum absolute atomic E-state index is 12.0. The van der Waals surface area contributed by atoms with E-state index in [-0.39, 0.29) is 13.2 Å². The third-order valence-electron chi connectivity index (χ3n) is 3.87. The Hall–Kier alpha value is 0.0200. The minimum Gasteiger partial charge on any atom is -0.756 e. The van der Waals surface area contributed by atoms with E-state index in [9.17, 15) is 34.2 Å². The minimum absolute atomic E-state index is 0.179. The molecule has 0 aromatic rings. The van der Waals surface area contributed by atoms with Crippen molar-refractivity contribution >= 4 is 15.6 Å². The highest BCUT2D eigenvalue weighted by atomic mass is 31.2. The van der Waals surface area contributed by atoms with Crippen LogP contribution in [0.2, 0.25) is 0 Å². The summed E-state index contributed by atoms with van der Waals surface area (Å²) in [6.07, 6.45) is -8.32. The van der Waals surface area contributed by atoms with Gasteiger partial charge in [-0.1, -0.05) is 0 Å². The number of rotatable bonds is 10. The molecule has 0 spiro atoms. The van der Waals surface area contributed by atoms with Crippen molar-refractivity contribution in [1.82, 2.24) is 0 Å². The molecule has 2 fully saturated rings. The normalized spacial score (nSPS) is 37.9. The molecule has 3 N–H and O–H groups in total. The number of hydrogen-bond donors (Lipinski definition) is 3. The summed E-state index contributed by atoms with van der Waals surface area (Å²) in [5.41, 5.74) is 0. The highest BCUT2D eigenvalue weighted by Gasteiger charge is 2.41. The molecule has 166 valence electrons. The maximum atomic E-state index is 12.0. The number of phosphoric acid groups is 2. The van der Waals surface area contributed by atoms with Gasteiger partial charge in [0.1, 0.15) is 36.6 Å². The van der Waals surface area contributed by atoms with Crippen LogP contribution < -0.4 is 9.79 Å². The Morgan fingerprint density at radius 2 is 1.50 bits per heavy atom. The van der Waals surface area contributed by atoms with Gasteiger partial charge in [-0.05, 0) is 13.8 Å². The second-order valence-corrected chi connectivity index (χ2v) is 9.31. The van der Waals surface area contributed by atoms with Crippen LogP contribution in [0, 0.1) is 0 Å². The highest BCUT2D eigenvalue weighted by molar-refractivity contribution is 7.46. The zero-order chi connectivity index (χ0) is 21.1. The number of phosphoric ester groups is 2. The van der Waals surface area contributed by atoms with Gasteiger partial charge in [0, 0.05) is 0 Å². The molecular weight excluding hydrogens is 426 g/mol. The molecule has 0 bridgehead atoms. The molecule has 0 aromatic carbocycles. The largest absolute Gasteiger partial charge is 0.756 e. The van der Waals surface area contributed by atoms with Gasteiger partial charge >= 0.3 is 0 Å². The first-order valence-corrected chi connectivity index (χ1v) is 11.4. The van der Waals surface area contributed by atoms with Gasteiger partial charge in [0.25, 0.3) is 15.6 Å². The van der Waals surface area contributed by atoms with Crippen molar-refractivity contribution in [1.29, 1.82) is 0 Å². The highest BCUT2D eigenvalue weighted by Crippen LogP contribution is 2.45. The van der Waals surface area contributed by atoms with Crippen LogP contribution in [0.3, 0.4) is 0 Å². The number of aliphatic hydroxyl groups excluding tert-OH is 3. The molecule has 0 amide bonds. The lowest BCUT2D eigenvalue weighted by Gasteiger charge is -2.31. The third kappa shape index (κ3) is 7.06. The topological polar surface area (TPSA) is 196 Å². The molecule has 13 nitrogen and oxygen atoms in total. The summed E-state index contributed by atoms with van der Waals surface area (Å²) < 4.78 is 52.3. The van der Waals surface area contributed by atoms with E-state index >= 15 is 0 Å². The first kappa shape index (κ1) is 24.3. The van der Waals surface area contributed by atoms with Crippen molar-refractivity contribution < 1.29 is 61.8 Å². The molecule has 2 unspecified atom stereocenters. The van der Waals surface area contributed by atoms with E-state index in [0.717, 1.165) is 0 Å². The van der Waals surface area contributed by atoms with E-state index in [1.54, 1.807) is 0 Å². The first-order valence-electron chi connectivity index (χ1n) is 8.45. The summed E-state index contributed by atoms with van der Waals surface area (Å²) in [7, 11) is -9.65. The van der Waals surface area contributed by atoms with Crippen LogP contribution in [0.1, 0.15) is 13.8 Å². The summed E-state index contributed by atoms with van der Waals surface area (Å²) in [5, 5.41) is 28.8. The summed E-state index contributed by atoms with van der Waals surface area (Å²) in [5.74, 6) is 0. The average molecular weight is 450 g/mol. The molecule has 0 aliphatic carbocycles. The van der Waals surface area contributed by atoms with Gasteiger partial charge in [-0.3, -0.25) is 9.13 Å². The van der Waals surface area contributed by atoms with Crippen LogP contribution in [0.15, 0.2) is 0 Å². The van der Waals surface area contributed by atoms with Gasteiger partial charge in [-0.25, -0.2) is 0 Å². The van der Waals surface area contributed by atoms with E-state index in [0.29, 0.717) is 0 Å². The Morgan fingerprint density at radius 1 is 0.964 bits per heavy atom. The van der Waals surface area contributed by atoms with Crippen molar-refractivity contribution in [2.75, 3.05) is 26.4 Å². The quantitative estimate of drug-likeness (QED) is 0.299. The van der Waals surface area contributed by atoms with Gasteiger partial charge in [0.15, 0.2) is 0 Å². The molecule has 2 rings (SSSR count). The number of aliphatic hydroxyl groups is 3. The van der Waals surface area contributed by atoms with Crippen molar-refractivity contribution in [2.45, 2.75) is 56.6 Å². The van der Waals surface area contributed by atoms with Crippen LogP contribution in [0.25, 0.3) is 0 Å². The van der Waals surface area contributed by atoms with E-state index in [2.05, 4.69) is 13.6 Å². The standard InChI is InChI=1S/C13H26O13P2/c1-7(2)25-27(17,18)24-6-11-13(9(15)4-22-11)26-28(19,20)23-5-10-12(16)8(14)3-21-10/h7-16H,3-6H2,1-2H3,(H,17,18)(H,19,20)/p-2/t8-,9-,10+,11+,12-,13-/m0/s1. The lowest BCUT2D eigenvalue weighted by Crippen LogP contribution is -2.38. The van der Waals surface area contributed by atoms with Crippen molar-refractivity contribution in [2.24, 2.45) is 0 Å². The zero-order valence-electron chi connectivity index (χ0n) is 15.2. The molecular formula is C13H24O13P2-2. The van der Waals surface area contributed by atoms with E-state index in [1.165, 1.54) is 13.8 Å². The summed E-state index contributed by atoms with van der Waals surface area (Å²) in [6.45, 7) is 1.19. The first-order chi connectivity index (χ1) is 12.9. The van der Waals surface area contributed by atoms with Gasteiger partial charge in [-0.2, -0.15) is 0 Å². The fourth-order valence-corrected chi connectivity index (χ4v) is 4.42. The molecule has 15 heteroatoms. The predicted octanol–water partition coefficient (Wildman–Crippen LogP) is -2.35. The maximum Gasteiger partial charge on any atom is 0.268 e. The van der Waals surface area contributed by atoms with Gasteiger partial charge in [-0.15, -0.1) is 0 Å². The van der Waals surface area contributed by atoms with Crippen molar-refractivity contribution in [3.63, 3.8) is 0 Å². The second-order valence-electron chi connectivity index (χ2n) is 6.58. The molecule has 2 heterocycles. The Labute approximate surface area is 161 Å². The Bertz CT molecular complexity index is 601. The van der Waals surface area contributed by atoms with Crippen LogP contribution in [-0.2, 0) is 36.7 Å². The third-order valence-corrected chi connectivity index (χ3v) is 5.98. The van der Waals surface area contributed by atoms with Gasteiger partial charge in [0.05, 0.1) is 32.5 Å². The molecule has 8 atom stereocenters. The predicted molar refractivity (Wildman–Crippen MR) is 85.7 cm³/mol. The summed E-state index contributed by atoms with van der Waals surface area (Å²) in [4.78, 5) is 23.6. The monoisotopic (exact) mass is 450 g/mol. The summed E-state index contributed by atoms with van der Waals surface area (Å²) in [6, 6.07) is 0. The number of hydrogen-bond acceptors (Lipinski definition) is 13. The number of ether oxygens (including phenoxy) is 2. The summed E-state index contributed by atoms with van der Waals surface area (Å²) >= 11 is 0. The Balaban J connectivity index is 1.88. The second kappa shape index (κ2) is 9.88. The zero-order valence-corrected chi connectivity index (χ0v) is 17.0. The SMILES string of the molecule is CC(C)OP(=O)([O-])OC[C@H]1OC[C@H](O)[C@@H]1OP(=O)([O-])OC[C@H]1OC[C@H](O)[C@@H]1O.